The summed E-state index contributed by atoms with van der Waals surface area (Å²) in [7, 11) is 0. The zero-order chi connectivity index (χ0) is 11.5. The smallest absolute Gasteiger partial charge is 0.185 e. The number of carbonyl (C=O) groups excluding carboxylic acids is 1. The van der Waals surface area contributed by atoms with E-state index in [-0.39, 0.29) is 0 Å². The molecule has 0 radical (unpaired) electrons. The van der Waals surface area contributed by atoms with E-state index >= 15 is 0 Å². The Balaban J connectivity index is 2.23. The van der Waals surface area contributed by atoms with Crippen LogP contribution in [0, 0.1) is 13.8 Å². The minimum atomic E-state index is 0.368. The Labute approximate surface area is 98.7 Å². The second-order valence-electron chi connectivity index (χ2n) is 3.65. The fourth-order valence-corrected chi connectivity index (χ4v) is 2.32. The van der Waals surface area contributed by atoms with Crippen LogP contribution in [0.1, 0.15) is 21.7 Å². The average molecular weight is 232 g/mol. The Kier molecular flexibility index (Phi) is 3.15. The summed E-state index contributed by atoms with van der Waals surface area (Å²) in [5, 5.41) is 0.744. The third-order valence-corrected chi connectivity index (χ3v) is 3.36. The van der Waals surface area contributed by atoms with Gasteiger partial charge < -0.3 is 4.42 Å². The van der Waals surface area contributed by atoms with Gasteiger partial charge in [-0.2, -0.15) is 0 Å². The van der Waals surface area contributed by atoms with E-state index in [9.17, 15) is 4.79 Å². The summed E-state index contributed by atoms with van der Waals surface area (Å²) in [5.74, 6) is 0.368. The topological polar surface area (TPSA) is 30.2 Å². The van der Waals surface area contributed by atoms with Gasteiger partial charge in [0.25, 0.3) is 0 Å². The zero-order valence-electron chi connectivity index (χ0n) is 9.19. The van der Waals surface area contributed by atoms with Crippen LogP contribution < -0.4 is 0 Å². The van der Waals surface area contributed by atoms with Crippen molar-refractivity contribution >= 4 is 18.0 Å². The summed E-state index contributed by atoms with van der Waals surface area (Å²) in [6, 6.07) is 9.76. The van der Waals surface area contributed by atoms with E-state index in [0.717, 1.165) is 9.99 Å². The summed E-state index contributed by atoms with van der Waals surface area (Å²) in [4.78, 5) is 11.6. The molecule has 1 aromatic carbocycles. The predicted octanol–water partition coefficient (Wildman–Crippen LogP) is 3.86. The minimum absolute atomic E-state index is 0.368. The Bertz CT molecular complexity index is 514. The Morgan fingerprint density at radius 3 is 2.62 bits per heavy atom. The molecule has 0 bridgehead atoms. The molecule has 2 rings (SSSR count). The molecule has 0 unspecified atom stereocenters. The van der Waals surface area contributed by atoms with Crippen molar-refractivity contribution in [1.29, 1.82) is 0 Å². The van der Waals surface area contributed by atoms with Gasteiger partial charge >= 0.3 is 0 Å². The third kappa shape index (κ3) is 2.36. The summed E-state index contributed by atoms with van der Waals surface area (Å²) in [6.45, 7) is 4.14. The van der Waals surface area contributed by atoms with Gasteiger partial charge in [0.15, 0.2) is 17.1 Å². The number of carbonyl (C=O) groups is 1. The molecule has 3 heteroatoms. The number of rotatable bonds is 3. The molecule has 0 saturated heterocycles. The van der Waals surface area contributed by atoms with Gasteiger partial charge in [0.2, 0.25) is 0 Å². The van der Waals surface area contributed by atoms with E-state index in [1.54, 1.807) is 6.07 Å². The number of aryl methyl sites for hydroxylation is 2. The highest BCUT2D eigenvalue weighted by molar-refractivity contribution is 7.99. The normalized spacial score (nSPS) is 10.4. The number of furan rings is 1. The Morgan fingerprint density at radius 2 is 2.00 bits per heavy atom. The molecule has 0 aliphatic carbocycles. The number of hydrogen-bond donors (Lipinski definition) is 0. The van der Waals surface area contributed by atoms with E-state index in [2.05, 4.69) is 32.0 Å². The highest BCUT2D eigenvalue weighted by Gasteiger charge is 2.05. The Hall–Kier alpha value is -1.48. The van der Waals surface area contributed by atoms with Gasteiger partial charge in [0.1, 0.15) is 0 Å². The van der Waals surface area contributed by atoms with Crippen molar-refractivity contribution in [3.05, 3.63) is 47.2 Å². The molecule has 2 aromatic rings. The van der Waals surface area contributed by atoms with Gasteiger partial charge in [0, 0.05) is 4.90 Å². The van der Waals surface area contributed by atoms with Gasteiger partial charge in [-0.05, 0) is 37.6 Å². The molecule has 82 valence electrons. The first-order valence-electron chi connectivity index (χ1n) is 4.99. The van der Waals surface area contributed by atoms with Gasteiger partial charge in [-0.3, -0.25) is 4.79 Å². The molecule has 1 heterocycles. The predicted molar refractivity (Wildman–Crippen MR) is 64.1 cm³/mol. The lowest BCUT2D eigenvalue weighted by molar-refractivity contribution is 0.109. The molecule has 0 saturated carbocycles. The second kappa shape index (κ2) is 4.58. The molecular formula is C13H12O2S. The third-order valence-electron chi connectivity index (χ3n) is 2.26. The average Bonchev–Trinajstić information content (AvgIpc) is 2.70. The largest absolute Gasteiger partial charge is 0.447 e. The summed E-state index contributed by atoms with van der Waals surface area (Å²) in [6.07, 6.45) is 0.714. The first kappa shape index (κ1) is 11.0. The lowest BCUT2D eigenvalue weighted by Gasteiger charge is -2.03. The molecule has 0 spiro atoms. The van der Waals surface area contributed by atoms with E-state index in [4.69, 9.17) is 4.42 Å². The van der Waals surface area contributed by atoms with Crippen LogP contribution in [0.5, 0.6) is 0 Å². The molecule has 0 atom stereocenters. The molecule has 0 aliphatic rings. The number of benzene rings is 1. The van der Waals surface area contributed by atoms with Crippen LogP contribution in [0.2, 0.25) is 0 Å². The van der Waals surface area contributed by atoms with Crippen LogP contribution in [0.4, 0.5) is 0 Å². The molecule has 1 aromatic heterocycles. The molecule has 2 nitrogen and oxygen atoms in total. The van der Waals surface area contributed by atoms with E-state index < -0.39 is 0 Å². The van der Waals surface area contributed by atoms with Crippen molar-refractivity contribution in [2.24, 2.45) is 0 Å². The first-order chi connectivity index (χ1) is 7.69. The van der Waals surface area contributed by atoms with Crippen LogP contribution in [0.25, 0.3) is 0 Å². The summed E-state index contributed by atoms with van der Waals surface area (Å²) >= 11 is 1.53. The first-order valence-corrected chi connectivity index (χ1v) is 5.81. The van der Waals surface area contributed by atoms with Gasteiger partial charge in [-0.15, -0.1) is 0 Å². The molecular weight excluding hydrogens is 220 g/mol. The lowest BCUT2D eigenvalue weighted by atomic mass is 10.2. The van der Waals surface area contributed by atoms with Crippen molar-refractivity contribution in [3.8, 4) is 0 Å². The highest BCUT2D eigenvalue weighted by atomic mass is 32.2. The number of hydrogen-bond acceptors (Lipinski definition) is 3. The van der Waals surface area contributed by atoms with Gasteiger partial charge in [-0.1, -0.05) is 29.5 Å². The second-order valence-corrected chi connectivity index (χ2v) is 4.69. The standard InChI is InChI=1S/C13H12O2S/c1-9-3-5-12(10(2)7-9)16-13-6-4-11(8-14)15-13/h3-8H,1-2H3. The molecule has 16 heavy (non-hydrogen) atoms. The lowest BCUT2D eigenvalue weighted by Crippen LogP contribution is -1.80. The molecule has 0 N–H and O–H groups in total. The van der Waals surface area contributed by atoms with Crippen LogP contribution in [-0.4, -0.2) is 6.29 Å². The van der Waals surface area contributed by atoms with E-state index in [1.165, 1.54) is 22.9 Å². The van der Waals surface area contributed by atoms with Crippen LogP contribution >= 0.6 is 11.8 Å². The number of aldehydes is 1. The van der Waals surface area contributed by atoms with Crippen LogP contribution in [-0.2, 0) is 0 Å². The zero-order valence-corrected chi connectivity index (χ0v) is 10.0. The van der Waals surface area contributed by atoms with Crippen LogP contribution in [0.15, 0.2) is 44.7 Å². The highest BCUT2D eigenvalue weighted by Crippen LogP contribution is 2.31. The fraction of sp³-hybridized carbons (Fsp3) is 0.154. The van der Waals surface area contributed by atoms with Crippen LogP contribution in [0.3, 0.4) is 0 Å². The molecule has 0 amide bonds. The maximum Gasteiger partial charge on any atom is 0.185 e. The molecule has 0 aliphatic heterocycles. The summed E-state index contributed by atoms with van der Waals surface area (Å²) in [5.41, 5.74) is 2.46. The fourth-order valence-electron chi connectivity index (χ4n) is 1.47. The van der Waals surface area contributed by atoms with E-state index in [1.807, 2.05) is 6.07 Å². The quantitative estimate of drug-likeness (QED) is 0.753. The van der Waals surface area contributed by atoms with Crippen molar-refractivity contribution in [1.82, 2.24) is 0 Å². The van der Waals surface area contributed by atoms with Crippen molar-refractivity contribution in [2.45, 2.75) is 23.8 Å². The Morgan fingerprint density at radius 1 is 1.19 bits per heavy atom. The molecule has 0 fully saturated rings. The van der Waals surface area contributed by atoms with Crippen molar-refractivity contribution in [2.75, 3.05) is 0 Å². The minimum Gasteiger partial charge on any atom is -0.447 e. The van der Waals surface area contributed by atoms with E-state index in [0.29, 0.717) is 12.0 Å². The van der Waals surface area contributed by atoms with Gasteiger partial charge in [-0.25, -0.2) is 0 Å². The monoisotopic (exact) mass is 232 g/mol. The van der Waals surface area contributed by atoms with Gasteiger partial charge in [0.05, 0.1) is 0 Å². The SMILES string of the molecule is Cc1ccc(Sc2ccc(C=O)o2)c(C)c1. The van der Waals surface area contributed by atoms with Crippen molar-refractivity contribution in [3.63, 3.8) is 0 Å². The maximum absolute atomic E-state index is 10.5. The maximum atomic E-state index is 10.5. The van der Waals surface area contributed by atoms with Crippen molar-refractivity contribution < 1.29 is 9.21 Å². The summed E-state index contributed by atoms with van der Waals surface area (Å²) < 4.78 is 5.32.